The SMILES string of the molecule is CC(CCCCNC(=O)C(O)C(O)C(O)C(O)CO)c1ccc(Cl)c(COC2(c3cnccc3-c3ccccc3OC3CC3)CC2)c1. The van der Waals surface area contributed by atoms with Crippen molar-refractivity contribution in [1.82, 2.24) is 10.3 Å². The predicted molar refractivity (Wildman–Crippen MR) is 177 cm³/mol. The number of ether oxygens (including phenoxy) is 2. The van der Waals surface area contributed by atoms with Crippen molar-refractivity contribution in [3.8, 4) is 16.9 Å². The topological polar surface area (TPSA) is 162 Å². The van der Waals surface area contributed by atoms with Gasteiger partial charge in [0, 0.05) is 35.1 Å². The molecule has 0 saturated heterocycles. The Morgan fingerprint density at radius 3 is 2.53 bits per heavy atom. The van der Waals surface area contributed by atoms with Gasteiger partial charge in [-0.15, -0.1) is 0 Å². The molecule has 0 radical (unpaired) electrons. The zero-order valence-electron chi connectivity index (χ0n) is 26.6. The summed E-state index contributed by atoms with van der Waals surface area (Å²) in [5.74, 6) is 0.239. The van der Waals surface area contributed by atoms with Crippen LogP contribution in [-0.4, -0.2) is 80.1 Å². The Kier molecular flexibility index (Phi) is 11.9. The minimum Gasteiger partial charge on any atom is -0.490 e. The molecule has 5 atom stereocenters. The summed E-state index contributed by atoms with van der Waals surface area (Å²) in [5.41, 5.74) is 4.78. The van der Waals surface area contributed by atoms with Crippen molar-refractivity contribution in [3.63, 3.8) is 0 Å². The highest BCUT2D eigenvalue weighted by molar-refractivity contribution is 6.31. The number of aliphatic hydroxyl groups is 5. The molecule has 2 aliphatic rings. The Morgan fingerprint density at radius 1 is 1.04 bits per heavy atom. The van der Waals surface area contributed by atoms with E-state index in [1.165, 1.54) is 0 Å². The molecule has 254 valence electrons. The van der Waals surface area contributed by atoms with E-state index in [9.17, 15) is 25.2 Å². The van der Waals surface area contributed by atoms with Crippen LogP contribution < -0.4 is 10.1 Å². The highest BCUT2D eigenvalue weighted by Gasteiger charge is 2.48. The molecule has 11 heteroatoms. The fourth-order valence-corrected chi connectivity index (χ4v) is 5.89. The molecule has 0 bridgehead atoms. The molecule has 1 heterocycles. The lowest BCUT2D eigenvalue weighted by molar-refractivity contribution is -0.148. The monoisotopic (exact) mass is 668 g/mol. The minimum atomic E-state index is -1.93. The Morgan fingerprint density at radius 2 is 1.81 bits per heavy atom. The average Bonchev–Trinajstić information content (AvgIpc) is 4.04. The molecule has 2 fully saturated rings. The lowest BCUT2D eigenvalue weighted by Gasteiger charge is -2.25. The van der Waals surface area contributed by atoms with Crippen molar-refractivity contribution < 1.29 is 39.8 Å². The molecule has 1 amide bonds. The van der Waals surface area contributed by atoms with Crippen LogP contribution in [-0.2, 0) is 21.7 Å². The Labute approximate surface area is 280 Å². The number of carbonyl (C=O) groups is 1. The van der Waals surface area contributed by atoms with Crippen LogP contribution in [0.3, 0.4) is 0 Å². The molecule has 1 aromatic heterocycles. The van der Waals surface area contributed by atoms with E-state index in [0.29, 0.717) is 24.2 Å². The summed E-state index contributed by atoms with van der Waals surface area (Å²) in [6, 6.07) is 16.2. The second kappa shape index (κ2) is 15.9. The van der Waals surface area contributed by atoms with Gasteiger partial charge in [-0.3, -0.25) is 9.78 Å². The van der Waals surface area contributed by atoms with Gasteiger partial charge in [-0.1, -0.05) is 55.3 Å². The van der Waals surface area contributed by atoms with Crippen LogP contribution in [0, 0.1) is 0 Å². The Balaban J connectivity index is 1.14. The van der Waals surface area contributed by atoms with Gasteiger partial charge in [-0.05, 0) is 79.3 Å². The Hall–Kier alpha value is -3.09. The van der Waals surface area contributed by atoms with E-state index in [1.54, 1.807) is 0 Å². The van der Waals surface area contributed by atoms with E-state index in [-0.39, 0.29) is 12.5 Å². The summed E-state index contributed by atoms with van der Waals surface area (Å²) in [7, 11) is 0. The standard InChI is InChI=1S/C36H45ClN2O8/c1-22(6-4-5-16-39-35(45)34(44)33(43)32(42)30(41)20-40)23-9-12-29(37)24(18-23)21-46-36(14-15-36)28-19-38-17-13-26(28)27-7-2-3-8-31(27)47-25-10-11-25/h2-3,7-9,12-13,17-19,22,25,30,32-34,40-44H,4-6,10-11,14-16,20-21H2,1H3,(H,39,45). The highest BCUT2D eigenvalue weighted by atomic mass is 35.5. The van der Waals surface area contributed by atoms with E-state index in [4.69, 9.17) is 26.2 Å². The number of aliphatic hydroxyl groups excluding tert-OH is 5. The highest BCUT2D eigenvalue weighted by Crippen LogP contribution is 2.53. The van der Waals surface area contributed by atoms with Crippen molar-refractivity contribution in [1.29, 1.82) is 0 Å². The maximum atomic E-state index is 12.2. The summed E-state index contributed by atoms with van der Waals surface area (Å²) in [6.07, 6.45) is 2.86. The molecule has 3 aromatic rings. The fraction of sp³-hybridized carbons (Fsp3) is 0.500. The molecule has 5 unspecified atom stereocenters. The van der Waals surface area contributed by atoms with Crippen LogP contribution >= 0.6 is 11.6 Å². The number of nitrogens with one attached hydrogen (secondary N) is 1. The third-order valence-electron chi connectivity index (χ3n) is 9.04. The van der Waals surface area contributed by atoms with Gasteiger partial charge >= 0.3 is 0 Å². The number of unbranched alkanes of at least 4 members (excludes halogenated alkanes) is 1. The largest absolute Gasteiger partial charge is 0.490 e. The van der Waals surface area contributed by atoms with Gasteiger partial charge in [-0.25, -0.2) is 0 Å². The second-order valence-corrected chi connectivity index (χ2v) is 13.1. The number of hydrogen-bond donors (Lipinski definition) is 6. The molecular weight excluding hydrogens is 624 g/mol. The number of rotatable bonds is 18. The molecule has 0 spiro atoms. The van der Waals surface area contributed by atoms with Gasteiger partial charge in [0.2, 0.25) is 0 Å². The zero-order chi connectivity index (χ0) is 33.6. The number of carbonyl (C=O) groups excluding carboxylic acids is 1. The summed E-state index contributed by atoms with van der Waals surface area (Å²) >= 11 is 6.64. The third-order valence-corrected chi connectivity index (χ3v) is 9.41. The minimum absolute atomic E-state index is 0.215. The van der Waals surface area contributed by atoms with Crippen LogP contribution in [0.5, 0.6) is 5.75 Å². The van der Waals surface area contributed by atoms with E-state index in [2.05, 4.69) is 29.4 Å². The molecule has 2 saturated carbocycles. The zero-order valence-corrected chi connectivity index (χ0v) is 27.4. The van der Waals surface area contributed by atoms with Gasteiger partial charge in [0.1, 0.15) is 24.1 Å². The summed E-state index contributed by atoms with van der Waals surface area (Å²) in [6.45, 7) is 1.94. The number of pyridine rings is 1. The molecular formula is C36H45ClN2O8. The first kappa shape index (κ1) is 35.2. The fourth-order valence-electron chi connectivity index (χ4n) is 5.72. The van der Waals surface area contributed by atoms with Gasteiger partial charge in [0.15, 0.2) is 6.10 Å². The van der Waals surface area contributed by atoms with Crippen molar-refractivity contribution in [2.24, 2.45) is 0 Å². The normalized spacial score (nSPS) is 18.5. The van der Waals surface area contributed by atoms with Crippen LogP contribution in [0.2, 0.25) is 5.02 Å². The summed E-state index contributed by atoms with van der Waals surface area (Å²) < 4.78 is 12.9. The lowest BCUT2D eigenvalue weighted by Crippen LogP contribution is -2.51. The first-order valence-corrected chi connectivity index (χ1v) is 16.7. The van der Waals surface area contributed by atoms with Crippen LogP contribution in [0.25, 0.3) is 11.1 Å². The number of halogens is 1. The molecule has 2 aliphatic carbocycles. The number of aromatic nitrogens is 1. The molecule has 2 aromatic carbocycles. The predicted octanol–water partition coefficient (Wildman–Crippen LogP) is 3.98. The maximum Gasteiger partial charge on any atom is 0.251 e. The van der Waals surface area contributed by atoms with E-state index in [0.717, 1.165) is 72.1 Å². The van der Waals surface area contributed by atoms with E-state index in [1.807, 2.05) is 48.8 Å². The van der Waals surface area contributed by atoms with E-state index < -0.39 is 42.5 Å². The second-order valence-electron chi connectivity index (χ2n) is 12.7. The van der Waals surface area contributed by atoms with Gasteiger partial charge < -0.3 is 40.3 Å². The molecule has 0 aliphatic heterocycles. The molecule has 6 N–H and O–H groups in total. The van der Waals surface area contributed by atoms with Crippen LogP contribution in [0.1, 0.15) is 74.5 Å². The number of hydrogen-bond acceptors (Lipinski definition) is 9. The average molecular weight is 669 g/mol. The van der Waals surface area contributed by atoms with Gasteiger partial charge in [0.25, 0.3) is 5.91 Å². The van der Waals surface area contributed by atoms with Crippen molar-refractivity contribution in [2.75, 3.05) is 13.2 Å². The smallest absolute Gasteiger partial charge is 0.251 e. The third kappa shape index (κ3) is 8.88. The molecule has 10 nitrogen and oxygen atoms in total. The first-order chi connectivity index (χ1) is 22.6. The van der Waals surface area contributed by atoms with Gasteiger partial charge in [-0.2, -0.15) is 0 Å². The molecule has 5 rings (SSSR count). The number of para-hydroxylation sites is 1. The summed E-state index contributed by atoms with van der Waals surface area (Å²) in [4.78, 5) is 16.6. The number of amides is 1. The number of benzene rings is 2. The number of nitrogens with zero attached hydrogens (tertiary/aromatic N) is 1. The van der Waals surface area contributed by atoms with E-state index >= 15 is 0 Å². The Bertz CT molecular complexity index is 1500. The molecule has 47 heavy (non-hydrogen) atoms. The quantitative estimate of drug-likeness (QED) is 0.110. The first-order valence-electron chi connectivity index (χ1n) is 16.4. The van der Waals surface area contributed by atoms with Crippen molar-refractivity contribution >= 4 is 17.5 Å². The van der Waals surface area contributed by atoms with Crippen molar-refractivity contribution in [2.45, 2.75) is 101 Å². The van der Waals surface area contributed by atoms with Crippen LogP contribution in [0.15, 0.2) is 60.9 Å². The van der Waals surface area contributed by atoms with Gasteiger partial charge in [0.05, 0.1) is 24.9 Å². The van der Waals surface area contributed by atoms with Crippen molar-refractivity contribution in [3.05, 3.63) is 82.6 Å². The lowest BCUT2D eigenvalue weighted by atomic mass is 9.94. The maximum absolute atomic E-state index is 12.2. The van der Waals surface area contributed by atoms with Crippen LogP contribution in [0.4, 0.5) is 0 Å². The summed E-state index contributed by atoms with van der Waals surface area (Å²) in [5, 5.41) is 51.1.